The molecule has 0 spiro atoms. The van der Waals surface area contributed by atoms with Crippen molar-refractivity contribution < 1.29 is 14.0 Å². The van der Waals surface area contributed by atoms with E-state index in [2.05, 4.69) is 5.32 Å². The molecule has 0 saturated heterocycles. The number of nitrogens with one attached hydrogen (secondary N) is 2. The number of nitriles is 1. The number of urea groups is 1. The molecule has 0 unspecified atom stereocenters. The van der Waals surface area contributed by atoms with Crippen LogP contribution in [-0.2, 0) is 4.79 Å². The van der Waals surface area contributed by atoms with Crippen LogP contribution < -0.4 is 16.4 Å². The van der Waals surface area contributed by atoms with Crippen molar-refractivity contribution in [2.45, 2.75) is 0 Å². The average Bonchev–Trinajstić information content (AvgIpc) is 2.26. The Morgan fingerprint density at radius 3 is 2.71 bits per heavy atom. The number of benzene rings is 1. The van der Waals surface area contributed by atoms with Gasteiger partial charge in [0.05, 0.1) is 23.9 Å². The number of hydrogen-bond donors (Lipinski definition) is 3. The van der Waals surface area contributed by atoms with Gasteiger partial charge in [-0.25, -0.2) is 9.18 Å². The number of hydrogen-bond acceptors (Lipinski definition) is 4. The summed E-state index contributed by atoms with van der Waals surface area (Å²) in [7, 11) is 0. The molecule has 17 heavy (non-hydrogen) atoms. The highest BCUT2D eigenvalue weighted by Crippen LogP contribution is 2.14. The van der Waals surface area contributed by atoms with Gasteiger partial charge in [0.15, 0.2) is 0 Å². The maximum absolute atomic E-state index is 13.3. The zero-order chi connectivity index (χ0) is 12.8. The van der Waals surface area contributed by atoms with Gasteiger partial charge in [0.2, 0.25) is 5.91 Å². The van der Waals surface area contributed by atoms with Gasteiger partial charge in [-0.15, -0.1) is 0 Å². The number of rotatable bonds is 3. The van der Waals surface area contributed by atoms with Gasteiger partial charge in [-0.1, -0.05) is 0 Å². The fraction of sp³-hybridized carbons (Fsp3) is 0.100. The Hall–Kier alpha value is -2.62. The summed E-state index contributed by atoms with van der Waals surface area (Å²) in [6.07, 6.45) is 0. The molecule has 0 bridgehead atoms. The second-order valence-corrected chi connectivity index (χ2v) is 3.07. The molecule has 0 aromatic heterocycles. The van der Waals surface area contributed by atoms with Crippen LogP contribution >= 0.6 is 0 Å². The summed E-state index contributed by atoms with van der Waals surface area (Å²) in [5.74, 6) is -1.34. The van der Waals surface area contributed by atoms with E-state index in [1.165, 1.54) is 12.1 Å². The zero-order valence-corrected chi connectivity index (χ0v) is 8.66. The molecule has 0 aliphatic carbocycles. The van der Waals surface area contributed by atoms with E-state index in [4.69, 9.17) is 11.0 Å². The van der Waals surface area contributed by atoms with Gasteiger partial charge in [-0.3, -0.25) is 10.1 Å². The SMILES string of the molecule is N#Cc1ccc(NCC(=O)NC(N)=O)c(F)c1. The normalized spacial score (nSPS) is 9.18. The molecule has 0 fully saturated rings. The minimum Gasteiger partial charge on any atom is -0.374 e. The maximum atomic E-state index is 13.3. The van der Waals surface area contributed by atoms with Crippen LogP contribution in [0, 0.1) is 17.1 Å². The number of halogens is 1. The van der Waals surface area contributed by atoms with E-state index in [0.717, 1.165) is 6.07 Å². The quantitative estimate of drug-likeness (QED) is 0.701. The van der Waals surface area contributed by atoms with E-state index in [-0.39, 0.29) is 17.8 Å². The minimum absolute atomic E-state index is 0.0589. The highest BCUT2D eigenvalue weighted by Gasteiger charge is 2.07. The smallest absolute Gasteiger partial charge is 0.318 e. The number of carbonyl (C=O) groups excluding carboxylic acids is 2. The summed E-state index contributed by atoms with van der Waals surface area (Å²) in [6.45, 7) is -0.300. The van der Waals surface area contributed by atoms with Crippen LogP contribution in [0.15, 0.2) is 18.2 Å². The number of nitrogens with two attached hydrogens (primary N) is 1. The highest BCUT2D eigenvalue weighted by atomic mass is 19.1. The Balaban J connectivity index is 2.61. The fourth-order valence-corrected chi connectivity index (χ4v) is 1.09. The first kappa shape index (κ1) is 12.4. The summed E-state index contributed by atoms with van der Waals surface area (Å²) in [5, 5.41) is 12.8. The largest absolute Gasteiger partial charge is 0.374 e. The monoisotopic (exact) mass is 236 g/mol. The molecule has 1 aromatic rings. The lowest BCUT2D eigenvalue weighted by molar-refractivity contribution is -0.118. The van der Waals surface area contributed by atoms with Crippen molar-refractivity contribution in [3.05, 3.63) is 29.6 Å². The van der Waals surface area contributed by atoms with E-state index in [1.54, 1.807) is 6.07 Å². The van der Waals surface area contributed by atoms with E-state index in [1.807, 2.05) is 5.32 Å². The Morgan fingerprint density at radius 2 is 2.18 bits per heavy atom. The molecular formula is C10H9FN4O2. The lowest BCUT2D eigenvalue weighted by atomic mass is 10.2. The Labute approximate surface area is 96.2 Å². The molecule has 3 amide bonds. The van der Waals surface area contributed by atoms with Crippen molar-refractivity contribution in [3.8, 4) is 6.07 Å². The van der Waals surface area contributed by atoms with Crippen LogP contribution in [0.1, 0.15) is 5.56 Å². The van der Waals surface area contributed by atoms with Crippen LogP contribution in [-0.4, -0.2) is 18.5 Å². The highest BCUT2D eigenvalue weighted by molar-refractivity contribution is 5.95. The van der Waals surface area contributed by atoms with Crippen molar-refractivity contribution in [2.24, 2.45) is 5.73 Å². The van der Waals surface area contributed by atoms with Gasteiger partial charge in [0, 0.05) is 0 Å². The van der Waals surface area contributed by atoms with E-state index >= 15 is 0 Å². The molecule has 6 nitrogen and oxygen atoms in total. The van der Waals surface area contributed by atoms with Crippen LogP contribution in [0.25, 0.3) is 0 Å². The summed E-state index contributed by atoms with van der Waals surface area (Å²) < 4.78 is 13.3. The topological polar surface area (TPSA) is 108 Å². The van der Waals surface area contributed by atoms with E-state index in [9.17, 15) is 14.0 Å². The number of imide groups is 1. The van der Waals surface area contributed by atoms with Gasteiger partial charge >= 0.3 is 6.03 Å². The Morgan fingerprint density at radius 1 is 1.47 bits per heavy atom. The lowest BCUT2D eigenvalue weighted by Gasteiger charge is -2.06. The molecule has 0 heterocycles. The number of amides is 3. The average molecular weight is 236 g/mol. The third-order valence-corrected chi connectivity index (χ3v) is 1.80. The van der Waals surface area contributed by atoms with Gasteiger partial charge in [0.1, 0.15) is 5.82 Å². The third kappa shape index (κ3) is 3.79. The molecule has 88 valence electrons. The molecule has 1 aromatic carbocycles. The van der Waals surface area contributed by atoms with Crippen molar-refractivity contribution in [1.29, 1.82) is 5.26 Å². The Kier molecular flexibility index (Phi) is 4.00. The minimum atomic E-state index is -0.975. The van der Waals surface area contributed by atoms with Crippen LogP contribution in [0.5, 0.6) is 0 Å². The van der Waals surface area contributed by atoms with Gasteiger partial charge in [-0.2, -0.15) is 5.26 Å². The lowest BCUT2D eigenvalue weighted by Crippen LogP contribution is -2.38. The maximum Gasteiger partial charge on any atom is 0.318 e. The van der Waals surface area contributed by atoms with Crippen LogP contribution in [0.4, 0.5) is 14.9 Å². The molecule has 4 N–H and O–H groups in total. The Bertz CT molecular complexity index is 496. The second kappa shape index (κ2) is 5.46. The zero-order valence-electron chi connectivity index (χ0n) is 8.66. The summed E-state index contributed by atoms with van der Waals surface area (Å²) in [5.41, 5.74) is 4.96. The number of nitrogens with zero attached hydrogens (tertiary/aromatic N) is 1. The molecule has 1 rings (SSSR count). The molecule has 0 radical (unpaired) electrons. The van der Waals surface area contributed by atoms with Gasteiger partial charge in [0.25, 0.3) is 0 Å². The van der Waals surface area contributed by atoms with Crippen LogP contribution in [0.2, 0.25) is 0 Å². The fourth-order valence-electron chi connectivity index (χ4n) is 1.09. The standard InChI is InChI=1S/C10H9FN4O2/c11-7-3-6(4-12)1-2-8(7)14-5-9(16)15-10(13)17/h1-3,14H,5H2,(H3,13,15,16,17). The van der Waals surface area contributed by atoms with Gasteiger partial charge in [-0.05, 0) is 18.2 Å². The van der Waals surface area contributed by atoms with Crippen molar-refractivity contribution in [3.63, 3.8) is 0 Å². The van der Waals surface area contributed by atoms with E-state index < -0.39 is 17.8 Å². The molecule has 0 atom stereocenters. The first-order chi connectivity index (χ1) is 8.02. The van der Waals surface area contributed by atoms with Gasteiger partial charge < -0.3 is 11.1 Å². The molecule has 7 heteroatoms. The van der Waals surface area contributed by atoms with E-state index in [0.29, 0.717) is 0 Å². The van der Waals surface area contributed by atoms with Crippen molar-refractivity contribution in [1.82, 2.24) is 5.32 Å². The predicted molar refractivity (Wildman–Crippen MR) is 57.3 cm³/mol. The predicted octanol–water partition coefficient (Wildman–Crippen LogP) is 0.304. The molecule has 0 aliphatic rings. The number of carbonyl (C=O) groups is 2. The molecule has 0 aliphatic heterocycles. The molecule has 0 saturated carbocycles. The van der Waals surface area contributed by atoms with Crippen molar-refractivity contribution in [2.75, 3.05) is 11.9 Å². The summed E-state index contributed by atoms with van der Waals surface area (Å²) in [4.78, 5) is 21.3. The number of anilines is 1. The molecular weight excluding hydrogens is 227 g/mol. The third-order valence-electron chi connectivity index (χ3n) is 1.80. The number of primary amides is 1. The first-order valence-corrected chi connectivity index (χ1v) is 4.55. The second-order valence-electron chi connectivity index (χ2n) is 3.07. The summed E-state index contributed by atoms with van der Waals surface area (Å²) >= 11 is 0. The summed E-state index contributed by atoms with van der Waals surface area (Å²) in [6, 6.07) is 4.56. The van der Waals surface area contributed by atoms with Crippen LogP contribution in [0.3, 0.4) is 0 Å². The first-order valence-electron chi connectivity index (χ1n) is 4.55. The van der Waals surface area contributed by atoms with Crippen molar-refractivity contribution >= 4 is 17.6 Å².